The maximum atomic E-state index is 12.9. The van der Waals surface area contributed by atoms with Crippen LogP contribution in [0.3, 0.4) is 0 Å². The summed E-state index contributed by atoms with van der Waals surface area (Å²) in [6.07, 6.45) is 1.75. The van der Waals surface area contributed by atoms with E-state index in [2.05, 4.69) is 21.0 Å². The molecule has 5 nitrogen and oxygen atoms in total. The van der Waals surface area contributed by atoms with Crippen LogP contribution in [-0.4, -0.2) is 27.6 Å². The van der Waals surface area contributed by atoms with Crippen LogP contribution in [0, 0.1) is 0 Å². The van der Waals surface area contributed by atoms with E-state index in [0.717, 1.165) is 22.3 Å². The van der Waals surface area contributed by atoms with Gasteiger partial charge in [0.25, 0.3) is 5.91 Å². The first-order chi connectivity index (χ1) is 13.5. The summed E-state index contributed by atoms with van der Waals surface area (Å²) in [5, 5.41) is 4.92. The van der Waals surface area contributed by atoms with Crippen molar-refractivity contribution in [2.75, 3.05) is 7.05 Å². The van der Waals surface area contributed by atoms with Crippen LogP contribution in [0.25, 0.3) is 0 Å². The fourth-order valence-corrected chi connectivity index (χ4v) is 3.45. The van der Waals surface area contributed by atoms with Crippen molar-refractivity contribution in [3.63, 3.8) is 0 Å². The van der Waals surface area contributed by atoms with E-state index in [4.69, 9.17) is 16.3 Å². The number of hydrogen-bond donors (Lipinski definition) is 0. The molecule has 0 bridgehead atoms. The molecule has 0 aliphatic rings. The Bertz CT molecular complexity index is 974. The number of aryl methyl sites for hydroxylation is 1. The van der Waals surface area contributed by atoms with E-state index in [0.29, 0.717) is 29.5 Å². The van der Waals surface area contributed by atoms with Gasteiger partial charge in [-0.1, -0.05) is 29.8 Å². The Morgan fingerprint density at radius 2 is 2.04 bits per heavy atom. The Kier molecular flexibility index (Phi) is 6.75. The van der Waals surface area contributed by atoms with Gasteiger partial charge in [-0.15, -0.1) is 0 Å². The summed E-state index contributed by atoms with van der Waals surface area (Å²) >= 11 is 9.48. The monoisotopic (exact) mass is 461 g/mol. The Morgan fingerprint density at radius 1 is 1.25 bits per heavy atom. The Hall–Kier alpha value is -2.31. The van der Waals surface area contributed by atoms with E-state index in [1.807, 2.05) is 48.0 Å². The first-order valence-corrected chi connectivity index (χ1v) is 10.1. The molecule has 0 aliphatic carbocycles. The Labute approximate surface area is 178 Å². The quantitative estimate of drug-likeness (QED) is 0.487. The number of ether oxygens (including phenoxy) is 1. The molecular formula is C21H21BrClN3O2. The lowest BCUT2D eigenvalue weighted by molar-refractivity contribution is 0.0781. The number of carbonyl (C=O) groups is 1. The van der Waals surface area contributed by atoms with Gasteiger partial charge in [-0.3, -0.25) is 9.48 Å². The first kappa shape index (κ1) is 20.4. The van der Waals surface area contributed by atoms with E-state index in [1.165, 1.54) is 0 Å². The van der Waals surface area contributed by atoms with Crippen molar-refractivity contribution in [2.24, 2.45) is 0 Å². The fraction of sp³-hybridized carbons (Fsp3) is 0.238. The normalized spacial score (nSPS) is 10.7. The fourth-order valence-electron chi connectivity index (χ4n) is 2.85. The highest BCUT2D eigenvalue weighted by Crippen LogP contribution is 2.20. The van der Waals surface area contributed by atoms with Gasteiger partial charge >= 0.3 is 0 Å². The van der Waals surface area contributed by atoms with Crippen LogP contribution in [-0.2, 0) is 19.7 Å². The molecular weight excluding hydrogens is 442 g/mol. The van der Waals surface area contributed by atoms with Crippen molar-refractivity contribution < 1.29 is 9.53 Å². The number of nitrogens with zero attached hydrogens (tertiary/aromatic N) is 3. The van der Waals surface area contributed by atoms with Gasteiger partial charge in [-0.25, -0.2) is 0 Å². The van der Waals surface area contributed by atoms with Crippen LogP contribution in [0.15, 0.2) is 59.2 Å². The summed E-state index contributed by atoms with van der Waals surface area (Å²) in [7, 11) is 1.79. The van der Waals surface area contributed by atoms with Crippen LogP contribution in [0.1, 0.15) is 28.5 Å². The summed E-state index contributed by atoms with van der Waals surface area (Å²) in [4.78, 5) is 14.6. The van der Waals surface area contributed by atoms with E-state index in [-0.39, 0.29) is 5.91 Å². The molecule has 0 aliphatic heterocycles. The zero-order valence-electron chi connectivity index (χ0n) is 15.7. The maximum absolute atomic E-state index is 12.9. The zero-order chi connectivity index (χ0) is 20.1. The summed E-state index contributed by atoms with van der Waals surface area (Å²) in [6.45, 7) is 3.60. The number of hydrogen-bond acceptors (Lipinski definition) is 3. The minimum Gasteiger partial charge on any atom is -0.489 e. The van der Waals surface area contributed by atoms with Crippen LogP contribution in [0.2, 0.25) is 5.02 Å². The SMILES string of the molecule is CCn1ncc(Br)c1CN(C)C(=O)c1cccc(COc2cccc(Cl)c2)c1. The molecule has 1 amide bonds. The lowest BCUT2D eigenvalue weighted by Crippen LogP contribution is -2.27. The summed E-state index contributed by atoms with van der Waals surface area (Å²) in [5.74, 6) is 0.638. The number of amides is 1. The third-order valence-corrected chi connectivity index (χ3v) is 5.20. The molecule has 146 valence electrons. The summed E-state index contributed by atoms with van der Waals surface area (Å²) in [6, 6.07) is 14.7. The molecule has 0 saturated carbocycles. The van der Waals surface area contributed by atoms with Crippen molar-refractivity contribution in [1.82, 2.24) is 14.7 Å². The largest absolute Gasteiger partial charge is 0.489 e. The highest BCUT2D eigenvalue weighted by molar-refractivity contribution is 9.10. The van der Waals surface area contributed by atoms with E-state index < -0.39 is 0 Å². The van der Waals surface area contributed by atoms with Crippen LogP contribution in [0.5, 0.6) is 5.75 Å². The third kappa shape index (κ3) is 4.94. The molecule has 0 spiro atoms. The van der Waals surface area contributed by atoms with Crippen molar-refractivity contribution >= 4 is 33.4 Å². The number of benzene rings is 2. The van der Waals surface area contributed by atoms with Crippen LogP contribution >= 0.6 is 27.5 Å². The van der Waals surface area contributed by atoms with Gasteiger partial charge in [-0.05, 0) is 58.7 Å². The van der Waals surface area contributed by atoms with Gasteiger partial charge in [0.1, 0.15) is 12.4 Å². The number of halogens is 2. The molecule has 3 rings (SSSR count). The van der Waals surface area contributed by atoms with Crippen LogP contribution in [0.4, 0.5) is 0 Å². The van der Waals surface area contributed by atoms with Crippen LogP contribution < -0.4 is 4.74 Å². The Morgan fingerprint density at radius 3 is 2.79 bits per heavy atom. The standard InChI is InChI=1S/C21H21BrClN3O2/c1-3-26-20(19(22)12-24-26)13-25(2)21(27)16-7-4-6-15(10-16)14-28-18-9-5-8-17(23)11-18/h4-12H,3,13-14H2,1-2H3. The molecule has 0 radical (unpaired) electrons. The molecule has 0 N–H and O–H groups in total. The lowest BCUT2D eigenvalue weighted by Gasteiger charge is -2.19. The second-order valence-electron chi connectivity index (χ2n) is 6.36. The van der Waals surface area contributed by atoms with Crippen molar-refractivity contribution in [3.05, 3.63) is 81.0 Å². The second-order valence-corrected chi connectivity index (χ2v) is 7.65. The number of carbonyl (C=O) groups excluding carboxylic acids is 1. The average molecular weight is 463 g/mol. The minimum absolute atomic E-state index is 0.0552. The van der Waals surface area contributed by atoms with E-state index >= 15 is 0 Å². The Balaban J connectivity index is 1.68. The molecule has 2 aromatic carbocycles. The summed E-state index contributed by atoms with van der Waals surface area (Å²) in [5.41, 5.74) is 2.51. The summed E-state index contributed by atoms with van der Waals surface area (Å²) < 4.78 is 8.55. The van der Waals surface area contributed by atoms with E-state index in [9.17, 15) is 4.79 Å². The molecule has 7 heteroatoms. The molecule has 0 fully saturated rings. The molecule has 28 heavy (non-hydrogen) atoms. The molecule has 3 aromatic rings. The van der Waals surface area contributed by atoms with Crippen molar-refractivity contribution in [3.8, 4) is 5.75 Å². The van der Waals surface area contributed by atoms with Gasteiger partial charge in [-0.2, -0.15) is 5.10 Å². The average Bonchev–Trinajstić information content (AvgIpc) is 3.05. The van der Waals surface area contributed by atoms with Crippen molar-refractivity contribution in [1.29, 1.82) is 0 Å². The van der Waals surface area contributed by atoms with Gasteiger partial charge in [0, 0.05) is 24.2 Å². The van der Waals surface area contributed by atoms with Gasteiger partial charge in [0.2, 0.25) is 0 Å². The smallest absolute Gasteiger partial charge is 0.253 e. The molecule has 0 atom stereocenters. The third-order valence-electron chi connectivity index (χ3n) is 4.31. The van der Waals surface area contributed by atoms with Gasteiger partial charge < -0.3 is 9.64 Å². The number of aromatic nitrogens is 2. The predicted octanol–water partition coefficient (Wildman–Crippen LogP) is 5.17. The maximum Gasteiger partial charge on any atom is 0.253 e. The van der Waals surface area contributed by atoms with Gasteiger partial charge in [0.05, 0.1) is 22.9 Å². The minimum atomic E-state index is -0.0552. The second kappa shape index (κ2) is 9.26. The molecule has 1 aromatic heterocycles. The lowest BCUT2D eigenvalue weighted by atomic mass is 10.1. The molecule has 1 heterocycles. The highest BCUT2D eigenvalue weighted by atomic mass is 79.9. The molecule has 0 saturated heterocycles. The first-order valence-electron chi connectivity index (χ1n) is 8.91. The predicted molar refractivity (Wildman–Crippen MR) is 114 cm³/mol. The number of rotatable bonds is 7. The highest BCUT2D eigenvalue weighted by Gasteiger charge is 2.16. The topological polar surface area (TPSA) is 47.4 Å². The zero-order valence-corrected chi connectivity index (χ0v) is 18.1. The molecule has 0 unspecified atom stereocenters. The van der Waals surface area contributed by atoms with Crippen molar-refractivity contribution in [2.45, 2.75) is 26.6 Å². The van der Waals surface area contributed by atoms with E-state index in [1.54, 1.807) is 30.3 Å². The van der Waals surface area contributed by atoms with Gasteiger partial charge in [0.15, 0.2) is 0 Å².